The number of benzene rings is 2. The van der Waals surface area contributed by atoms with E-state index in [9.17, 15) is 14.7 Å². The first kappa shape index (κ1) is 27.0. The van der Waals surface area contributed by atoms with Gasteiger partial charge in [0, 0.05) is 36.7 Å². The van der Waals surface area contributed by atoms with Gasteiger partial charge >= 0.3 is 0 Å². The van der Waals surface area contributed by atoms with Crippen molar-refractivity contribution in [3.05, 3.63) is 72.4 Å². The molecule has 2 aromatic carbocycles. The van der Waals surface area contributed by atoms with Gasteiger partial charge in [-0.25, -0.2) is 4.98 Å². The highest BCUT2D eigenvalue weighted by atomic mass is 16.3. The minimum absolute atomic E-state index is 0.00628. The van der Waals surface area contributed by atoms with Crippen molar-refractivity contribution in [2.45, 2.75) is 76.0 Å². The predicted molar refractivity (Wildman–Crippen MR) is 154 cm³/mol. The zero-order chi connectivity index (χ0) is 27.6. The highest BCUT2D eigenvalue weighted by molar-refractivity contribution is 5.92. The quantitative estimate of drug-likeness (QED) is 0.340. The van der Waals surface area contributed by atoms with Gasteiger partial charge in [0.1, 0.15) is 5.82 Å². The maximum absolute atomic E-state index is 12.9. The van der Waals surface area contributed by atoms with Crippen molar-refractivity contribution in [1.82, 2.24) is 10.3 Å². The van der Waals surface area contributed by atoms with Crippen molar-refractivity contribution < 1.29 is 14.7 Å². The monoisotopic (exact) mass is 526 g/mol. The highest BCUT2D eigenvalue weighted by Gasteiger charge is 2.49. The minimum atomic E-state index is -0.704. The van der Waals surface area contributed by atoms with Gasteiger partial charge < -0.3 is 21.5 Å². The number of carbonyl (C=O) groups excluding carboxylic acids is 2. The Kier molecular flexibility index (Phi) is 7.56. The third kappa shape index (κ3) is 6.37. The Morgan fingerprint density at radius 1 is 0.974 bits per heavy atom. The predicted octanol–water partition coefficient (Wildman–Crippen LogP) is 5.14. The van der Waals surface area contributed by atoms with Crippen molar-refractivity contribution in [2.75, 3.05) is 5.32 Å². The lowest BCUT2D eigenvalue weighted by Crippen LogP contribution is -2.58. The normalized spacial score (nSPS) is 26.4. The van der Waals surface area contributed by atoms with Crippen LogP contribution in [0, 0.1) is 5.92 Å². The summed E-state index contributed by atoms with van der Waals surface area (Å²) in [7, 11) is 0. The Bertz CT molecular complexity index is 1320. The van der Waals surface area contributed by atoms with E-state index in [4.69, 9.17) is 5.73 Å². The Morgan fingerprint density at radius 3 is 2.23 bits per heavy atom. The summed E-state index contributed by atoms with van der Waals surface area (Å²) in [6, 6.07) is 20.4. The summed E-state index contributed by atoms with van der Waals surface area (Å²) in [5, 5.41) is 16.2. The zero-order valence-electron chi connectivity index (χ0n) is 22.7. The summed E-state index contributed by atoms with van der Waals surface area (Å²) in [5.41, 5.74) is 10.3. The largest absolute Gasteiger partial charge is 0.390 e. The van der Waals surface area contributed by atoms with E-state index < -0.39 is 11.1 Å². The fourth-order valence-electron chi connectivity index (χ4n) is 6.36. The lowest BCUT2D eigenvalue weighted by molar-refractivity contribution is -0.120. The molecule has 2 fully saturated rings. The van der Waals surface area contributed by atoms with Crippen LogP contribution in [0.15, 0.2) is 66.9 Å². The van der Waals surface area contributed by atoms with Gasteiger partial charge in [-0.15, -0.1) is 0 Å². The van der Waals surface area contributed by atoms with Crippen LogP contribution < -0.4 is 16.4 Å². The summed E-state index contributed by atoms with van der Waals surface area (Å²) >= 11 is 0. The molecule has 3 aromatic rings. The van der Waals surface area contributed by atoms with E-state index in [1.54, 1.807) is 6.92 Å². The molecule has 0 radical (unpaired) electrons. The van der Waals surface area contributed by atoms with Crippen LogP contribution in [0.3, 0.4) is 0 Å². The van der Waals surface area contributed by atoms with E-state index in [1.165, 1.54) is 0 Å². The van der Waals surface area contributed by atoms with Crippen molar-refractivity contribution in [2.24, 2.45) is 11.7 Å². The molecule has 1 heterocycles. The molecule has 2 aliphatic rings. The molecule has 204 valence electrons. The second-order valence-electron chi connectivity index (χ2n) is 11.7. The molecule has 7 nitrogen and oxygen atoms in total. The number of carbonyl (C=O) groups is 2. The second kappa shape index (κ2) is 10.9. The second-order valence-corrected chi connectivity index (χ2v) is 11.7. The first-order valence-electron chi connectivity index (χ1n) is 13.8. The SMILES string of the molecule is CC(=O)NC1CCC(CC(=O)Nc2cc(-c3ccccc3)c(-c3ccc(C4(N)CC(C)(O)C4)cc3)cn2)CC1. The molecule has 7 heteroatoms. The summed E-state index contributed by atoms with van der Waals surface area (Å²) < 4.78 is 0. The summed E-state index contributed by atoms with van der Waals surface area (Å²) in [6.45, 7) is 3.37. The fourth-order valence-corrected chi connectivity index (χ4v) is 6.36. The molecule has 0 spiro atoms. The lowest BCUT2D eigenvalue weighted by Gasteiger charge is -2.49. The molecule has 2 amide bonds. The van der Waals surface area contributed by atoms with Gasteiger partial charge in [0.05, 0.1) is 5.60 Å². The van der Waals surface area contributed by atoms with E-state index in [-0.39, 0.29) is 17.9 Å². The molecule has 39 heavy (non-hydrogen) atoms. The minimum Gasteiger partial charge on any atom is -0.390 e. The average molecular weight is 527 g/mol. The number of anilines is 1. The number of aromatic nitrogens is 1. The van der Waals surface area contributed by atoms with Gasteiger partial charge in [-0.1, -0.05) is 54.6 Å². The molecular formula is C32H38N4O3. The number of nitrogens with one attached hydrogen (secondary N) is 2. The number of nitrogens with zero attached hydrogens (tertiary/aromatic N) is 1. The Labute approximate surface area is 230 Å². The molecule has 5 rings (SSSR count). The third-order valence-electron chi connectivity index (χ3n) is 8.15. The summed E-state index contributed by atoms with van der Waals surface area (Å²) in [6.07, 6.45) is 7.03. The van der Waals surface area contributed by atoms with Crippen LogP contribution >= 0.6 is 0 Å². The van der Waals surface area contributed by atoms with E-state index in [0.29, 0.717) is 31.0 Å². The van der Waals surface area contributed by atoms with Crippen LogP contribution in [0.1, 0.15) is 64.4 Å². The van der Waals surface area contributed by atoms with Crippen LogP contribution in [0.2, 0.25) is 0 Å². The van der Waals surface area contributed by atoms with Gasteiger partial charge in [-0.3, -0.25) is 9.59 Å². The van der Waals surface area contributed by atoms with Crippen LogP contribution in [0.25, 0.3) is 22.3 Å². The van der Waals surface area contributed by atoms with E-state index >= 15 is 0 Å². The molecule has 0 bridgehead atoms. The van der Waals surface area contributed by atoms with Crippen molar-refractivity contribution in [3.63, 3.8) is 0 Å². The molecule has 1 aromatic heterocycles. The first-order chi connectivity index (χ1) is 18.6. The number of hydrogen-bond acceptors (Lipinski definition) is 5. The molecule has 2 aliphatic carbocycles. The average Bonchev–Trinajstić information content (AvgIpc) is 2.89. The molecule has 5 N–H and O–H groups in total. The smallest absolute Gasteiger partial charge is 0.225 e. The van der Waals surface area contributed by atoms with Gasteiger partial charge in [-0.2, -0.15) is 0 Å². The summed E-state index contributed by atoms with van der Waals surface area (Å²) in [5.74, 6) is 0.813. The third-order valence-corrected chi connectivity index (χ3v) is 8.15. The number of pyridine rings is 1. The van der Waals surface area contributed by atoms with E-state index in [0.717, 1.165) is 53.5 Å². The highest BCUT2D eigenvalue weighted by Crippen LogP contribution is 2.46. The maximum atomic E-state index is 12.9. The number of hydrogen-bond donors (Lipinski definition) is 4. The number of rotatable bonds is 7. The summed E-state index contributed by atoms with van der Waals surface area (Å²) in [4.78, 5) is 28.8. The van der Waals surface area contributed by atoms with Crippen molar-refractivity contribution in [3.8, 4) is 22.3 Å². The number of aliphatic hydroxyl groups is 1. The standard InChI is InChI=1S/C32H38N4O3/c1-21(37)35-26-14-8-22(9-15-26)16-30(38)36-29-17-27(23-6-4-3-5-7-23)28(18-34-29)24-10-12-25(13-11-24)32(33)19-31(2,39)20-32/h3-7,10-13,17-18,22,26,39H,8-9,14-16,19-20,33H2,1-2H3,(H,35,37)(H,34,36,38). The Balaban J connectivity index is 1.31. The molecular weight excluding hydrogens is 488 g/mol. The Morgan fingerprint density at radius 2 is 1.62 bits per heavy atom. The Hall–Kier alpha value is -3.55. The van der Waals surface area contributed by atoms with Crippen LogP contribution in [-0.4, -0.2) is 33.5 Å². The van der Waals surface area contributed by atoms with Crippen molar-refractivity contribution in [1.29, 1.82) is 0 Å². The number of nitrogens with two attached hydrogens (primary N) is 1. The molecule has 2 saturated carbocycles. The van der Waals surface area contributed by atoms with Gasteiger partial charge in [0.15, 0.2) is 0 Å². The molecule has 0 saturated heterocycles. The first-order valence-corrected chi connectivity index (χ1v) is 13.8. The molecule has 0 atom stereocenters. The maximum Gasteiger partial charge on any atom is 0.225 e. The van der Waals surface area contributed by atoms with Crippen molar-refractivity contribution >= 4 is 17.6 Å². The lowest BCUT2D eigenvalue weighted by atomic mass is 9.63. The van der Waals surface area contributed by atoms with Crippen LogP contribution in [0.4, 0.5) is 5.82 Å². The fraction of sp³-hybridized carbons (Fsp3) is 0.406. The topological polar surface area (TPSA) is 117 Å². The van der Waals surface area contributed by atoms with Crippen LogP contribution in [-0.2, 0) is 15.1 Å². The van der Waals surface area contributed by atoms with Gasteiger partial charge in [-0.05, 0) is 79.7 Å². The number of amides is 2. The van der Waals surface area contributed by atoms with Gasteiger partial charge in [0.25, 0.3) is 0 Å². The van der Waals surface area contributed by atoms with E-state index in [2.05, 4.69) is 39.9 Å². The van der Waals surface area contributed by atoms with Crippen LogP contribution in [0.5, 0.6) is 0 Å². The zero-order valence-corrected chi connectivity index (χ0v) is 22.7. The molecule has 0 unspecified atom stereocenters. The molecule has 0 aliphatic heterocycles. The van der Waals surface area contributed by atoms with Gasteiger partial charge in [0.2, 0.25) is 11.8 Å². The van der Waals surface area contributed by atoms with E-state index in [1.807, 2.05) is 49.5 Å².